The van der Waals surface area contributed by atoms with Crippen LogP contribution < -0.4 is 16.0 Å². The van der Waals surface area contributed by atoms with Crippen LogP contribution in [0.2, 0.25) is 0 Å². The summed E-state index contributed by atoms with van der Waals surface area (Å²) >= 11 is 1.37. The summed E-state index contributed by atoms with van der Waals surface area (Å²) in [5.74, 6) is -0.160. The predicted molar refractivity (Wildman–Crippen MR) is 102 cm³/mol. The molecule has 7 heteroatoms. The van der Waals surface area contributed by atoms with Crippen LogP contribution in [0.3, 0.4) is 0 Å². The summed E-state index contributed by atoms with van der Waals surface area (Å²) in [6.07, 6.45) is 0. The average Bonchev–Trinajstić information content (AvgIpc) is 2.89. The van der Waals surface area contributed by atoms with Gasteiger partial charge in [-0.25, -0.2) is 9.78 Å². The molecular weight excluding hydrogens is 336 g/mol. The van der Waals surface area contributed by atoms with Crippen molar-refractivity contribution in [1.29, 1.82) is 0 Å². The summed E-state index contributed by atoms with van der Waals surface area (Å²) in [5.41, 5.74) is 4.23. The second-order valence-electron chi connectivity index (χ2n) is 5.79. The fourth-order valence-electron chi connectivity index (χ4n) is 2.49. The first-order valence-corrected chi connectivity index (χ1v) is 8.56. The Balaban J connectivity index is 1.79. The van der Waals surface area contributed by atoms with Gasteiger partial charge in [-0.15, -0.1) is 0 Å². The SMILES string of the molecule is CC(=O)Nc1nc2c(C)cc(NC(=O)Nc3cccc(C)c3)cc2s1. The van der Waals surface area contributed by atoms with Crippen LogP contribution in [0.15, 0.2) is 36.4 Å². The van der Waals surface area contributed by atoms with Gasteiger partial charge in [0, 0.05) is 18.3 Å². The number of hydrogen-bond donors (Lipinski definition) is 3. The van der Waals surface area contributed by atoms with Crippen LogP contribution in [0.25, 0.3) is 10.2 Å². The van der Waals surface area contributed by atoms with Crippen molar-refractivity contribution in [3.05, 3.63) is 47.5 Å². The Hall–Kier alpha value is -2.93. The third-order valence-corrected chi connectivity index (χ3v) is 4.42. The second kappa shape index (κ2) is 6.90. The van der Waals surface area contributed by atoms with Crippen molar-refractivity contribution in [1.82, 2.24) is 4.98 Å². The smallest absolute Gasteiger partial charge is 0.308 e. The van der Waals surface area contributed by atoms with Gasteiger partial charge in [-0.1, -0.05) is 23.5 Å². The zero-order chi connectivity index (χ0) is 18.0. The molecule has 0 aliphatic carbocycles. The third kappa shape index (κ3) is 4.13. The lowest BCUT2D eigenvalue weighted by molar-refractivity contribution is -0.114. The number of benzene rings is 2. The quantitative estimate of drug-likeness (QED) is 0.647. The zero-order valence-corrected chi connectivity index (χ0v) is 15.0. The Morgan fingerprint density at radius 2 is 1.76 bits per heavy atom. The van der Waals surface area contributed by atoms with Crippen LogP contribution in [-0.2, 0) is 4.79 Å². The summed E-state index contributed by atoms with van der Waals surface area (Å²) in [5, 5.41) is 8.88. The van der Waals surface area contributed by atoms with E-state index in [9.17, 15) is 9.59 Å². The molecule has 0 fully saturated rings. The molecule has 128 valence electrons. The molecule has 3 rings (SSSR count). The van der Waals surface area contributed by atoms with E-state index in [1.807, 2.05) is 50.2 Å². The zero-order valence-electron chi connectivity index (χ0n) is 14.1. The molecule has 1 aromatic heterocycles. The molecule has 3 N–H and O–H groups in total. The van der Waals surface area contributed by atoms with Gasteiger partial charge in [0.05, 0.1) is 10.2 Å². The molecule has 0 aliphatic rings. The van der Waals surface area contributed by atoms with Crippen LogP contribution in [0.5, 0.6) is 0 Å². The number of rotatable bonds is 3. The summed E-state index contributed by atoms with van der Waals surface area (Å²) < 4.78 is 0.898. The van der Waals surface area contributed by atoms with Crippen LogP contribution in [-0.4, -0.2) is 16.9 Å². The van der Waals surface area contributed by atoms with Gasteiger partial charge in [0.25, 0.3) is 0 Å². The highest BCUT2D eigenvalue weighted by Crippen LogP contribution is 2.31. The number of nitrogens with one attached hydrogen (secondary N) is 3. The minimum atomic E-state index is -0.309. The number of aromatic nitrogens is 1. The van der Waals surface area contributed by atoms with Crippen LogP contribution in [0, 0.1) is 13.8 Å². The van der Waals surface area contributed by atoms with E-state index in [2.05, 4.69) is 20.9 Å². The fraction of sp³-hybridized carbons (Fsp3) is 0.167. The number of fused-ring (bicyclic) bond motifs is 1. The molecule has 0 aliphatic heterocycles. The number of aryl methyl sites for hydroxylation is 2. The number of hydrogen-bond acceptors (Lipinski definition) is 4. The van der Waals surface area contributed by atoms with Gasteiger partial charge in [0.1, 0.15) is 0 Å². The first-order chi connectivity index (χ1) is 11.9. The van der Waals surface area contributed by atoms with Crippen molar-refractivity contribution < 1.29 is 9.59 Å². The molecule has 2 aromatic carbocycles. The molecule has 3 amide bonds. The number of carbonyl (C=O) groups is 2. The van der Waals surface area contributed by atoms with Crippen LogP contribution in [0.4, 0.5) is 21.3 Å². The lowest BCUT2D eigenvalue weighted by Gasteiger charge is -2.09. The maximum atomic E-state index is 12.2. The number of nitrogens with zero attached hydrogens (tertiary/aromatic N) is 1. The first-order valence-electron chi connectivity index (χ1n) is 7.74. The first kappa shape index (κ1) is 16.9. The van der Waals surface area contributed by atoms with Gasteiger partial charge in [-0.2, -0.15) is 0 Å². The Labute approximate surface area is 149 Å². The number of carbonyl (C=O) groups excluding carboxylic acids is 2. The lowest BCUT2D eigenvalue weighted by Crippen LogP contribution is -2.19. The van der Waals surface area contributed by atoms with Crippen molar-refractivity contribution in [3.8, 4) is 0 Å². The minimum absolute atomic E-state index is 0.160. The Morgan fingerprint density at radius 1 is 1.00 bits per heavy atom. The molecule has 0 atom stereocenters. The number of urea groups is 1. The molecule has 6 nitrogen and oxygen atoms in total. The van der Waals surface area contributed by atoms with E-state index in [0.29, 0.717) is 10.8 Å². The standard InChI is InChI=1S/C18H18N4O2S/c1-10-5-4-6-13(7-10)20-17(24)21-14-8-11(2)16-15(9-14)25-18(22-16)19-12(3)23/h4-9H,1-3H3,(H,19,22,23)(H2,20,21,24). The van der Waals surface area contributed by atoms with E-state index in [1.54, 1.807) is 0 Å². The molecule has 25 heavy (non-hydrogen) atoms. The number of amides is 3. The summed E-state index contributed by atoms with van der Waals surface area (Å²) in [6, 6.07) is 11.0. The van der Waals surface area contributed by atoms with Gasteiger partial charge in [0.2, 0.25) is 5.91 Å². The van der Waals surface area contributed by atoms with Gasteiger partial charge in [0.15, 0.2) is 5.13 Å². The molecule has 1 heterocycles. The van der Waals surface area contributed by atoms with Crippen molar-refractivity contribution in [3.63, 3.8) is 0 Å². The molecule has 0 radical (unpaired) electrons. The normalized spacial score (nSPS) is 10.5. The highest BCUT2D eigenvalue weighted by atomic mass is 32.1. The van der Waals surface area contributed by atoms with Crippen LogP contribution in [0.1, 0.15) is 18.1 Å². The van der Waals surface area contributed by atoms with E-state index < -0.39 is 0 Å². The topological polar surface area (TPSA) is 83.1 Å². The molecule has 0 saturated heterocycles. The van der Waals surface area contributed by atoms with Crippen molar-refractivity contribution in [2.24, 2.45) is 0 Å². The van der Waals surface area contributed by atoms with Crippen molar-refractivity contribution >= 4 is 50.0 Å². The van der Waals surface area contributed by atoms with E-state index in [0.717, 1.165) is 27.0 Å². The van der Waals surface area contributed by atoms with E-state index >= 15 is 0 Å². The lowest BCUT2D eigenvalue weighted by atomic mass is 10.2. The Bertz CT molecular complexity index is 965. The average molecular weight is 354 g/mol. The molecule has 0 bridgehead atoms. The van der Waals surface area contributed by atoms with Gasteiger partial charge in [-0.3, -0.25) is 4.79 Å². The predicted octanol–water partition coefficient (Wildman–Crippen LogP) is 4.52. The largest absolute Gasteiger partial charge is 0.323 e. The maximum absolute atomic E-state index is 12.2. The Kier molecular flexibility index (Phi) is 4.67. The summed E-state index contributed by atoms with van der Waals surface area (Å²) in [4.78, 5) is 27.8. The van der Waals surface area contributed by atoms with E-state index in [1.165, 1.54) is 18.3 Å². The van der Waals surface area contributed by atoms with Gasteiger partial charge in [-0.05, 0) is 49.2 Å². The molecule has 0 saturated carbocycles. The monoisotopic (exact) mass is 354 g/mol. The molecule has 3 aromatic rings. The molecule has 0 spiro atoms. The number of thiazole rings is 1. The number of anilines is 3. The summed E-state index contributed by atoms with van der Waals surface area (Å²) in [7, 11) is 0. The van der Waals surface area contributed by atoms with E-state index in [-0.39, 0.29) is 11.9 Å². The Morgan fingerprint density at radius 3 is 2.48 bits per heavy atom. The fourth-order valence-corrected chi connectivity index (χ4v) is 3.52. The van der Waals surface area contributed by atoms with Gasteiger partial charge < -0.3 is 16.0 Å². The van der Waals surface area contributed by atoms with Crippen LogP contribution >= 0.6 is 11.3 Å². The third-order valence-electron chi connectivity index (χ3n) is 3.50. The highest BCUT2D eigenvalue weighted by molar-refractivity contribution is 7.22. The van der Waals surface area contributed by atoms with Gasteiger partial charge >= 0.3 is 6.03 Å². The minimum Gasteiger partial charge on any atom is -0.308 e. The van der Waals surface area contributed by atoms with Crippen molar-refractivity contribution in [2.45, 2.75) is 20.8 Å². The van der Waals surface area contributed by atoms with Crippen molar-refractivity contribution in [2.75, 3.05) is 16.0 Å². The van der Waals surface area contributed by atoms with E-state index in [4.69, 9.17) is 0 Å². The maximum Gasteiger partial charge on any atom is 0.323 e. The second-order valence-corrected chi connectivity index (χ2v) is 6.82. The molecule has 0 unspecified atom stereocenters. The summed E-state index contributed by atoms with van der Waals surface area (Å²) in [6.45, 7) is 5.33. The highest BCUT2D eigenvalue weighted by Gasteiger charge is 2.11. The molecular formula is C18H18N4O2S.